The molecule has 4 nitrogen and oxygen atoms in total. The Hall–Kier alpha value is -2.11. The molecule has 0 saturated carbocycles. The minimum absolute atomic E-state index is 0.0531. The third-order valence-corrected chi connectivity index (χ3v) is 5.50. The van der Waals surface area contributed by atoms with Crippen LogP contribution in [-0.4, -0.2) is 30.1 Å². The Kier molecular flexibility index (Phi) is 3.89. The summed E-state index contributed by atoms with van der Waals surface area (Å²) >= 11 is 1.77. The number of ether oxygens (including phenoxy) is 1. The van der Waals surface area contributed by atoms with E-state index in [9.17, 15) is 4.79 Å². The number of carbonyl (C=O) groups is 1. The first-order valence-corrected chi connectivity index (χ1v) is 8.80. The summed E-state index contributed by atoms with van der Waals surface area (Å²) < 4.78 is 5.08. The predicted molar refractivity (Wildman–Crippen MR) is 90.6 cm³/mol. The number of nitrogens with one attached hydrogen (secondary N) is 1. The lowest BCUT2D eigenvalue weighted by molar-refractivity contribution is -0.676. The molecular formula is C18H19N2O2S+. The fraction of sp³-hybridized carbons (Fsp3) is 0.278. The number of rotatable bonds is 5. The predicted octanol–water partition coefficient (Wildman–Crippen LogP) is 2.24. The first-order chi connectivity index (χ1) is 11.3. The highest BCUT2D eigenvalue weighted by Crippen LogP contribution is 2.32. The number of thiophene rings is 1. The van der Waals surface area contributed by atoms with Crippen molar-refractivity contribution in [1.29, 1.82) is 0 Å². The number of hydrogen-bond acceptors (Lipinski definition) is 3. The zero-order chi connectivity index (χ0) is 15.6. The molecule has 0 unspecified atom stereocenters. The van der Waals surface area contributed by atoms with Gasteiger partial charge >= 0.3 is 5.97 Å². The normalized spacial score (nSPS) is 19.1. The fourth-order valence-corrected chi connectivity index (χ4v) is 4.15. The number of cyclic esters (lactones) is 1. The Bertz CT molecular complexity index is 809. The molecule has 0 spiro atoms. The number of nitrogens with two attached hydrogens (primary N) is 1. The molecule has 3 heterocycles. The Morgan fingerprint density at radius 2 is 2.22 bits per heavy atom. The van der Waals surface area contributed by atoms with Crippen molar-refractivity contribution in [3.8, 4) is 0 Å². The van der Waals surface area contributed by atoms with E-state index in [2.05, 4.69) is 52.2 Å². The maximum absolute atomic E-state index is 11.7. The van der Waals surface area contributed by atoms with E-state index in [0.29, 0.717) is 6.61 Å². The van der Waals surface area contributed by atoms with E-state index in [4.69, 9.17) is 4.74 Å². The number of para-hydroxylation sites is 1. The molecule has 1 fully saturated rings. The van der Waals surface area contributed by atoms with Crippen LogP contribution in [0.1, 0.15) is 22.8 Å². The molecule has 5 heteroatoms. The van der Waals surface area contributed by atoms with Gasteiger partial charge in [0.25, 0.3) is 0 Å². The van der Waals surface area contributed by atoms with Gasteiger partial charge in [0.15, 0.2) is 6.04 Å². The summed E-state index contributed by atoms with van der Waals surface area (Å²) in [5.41, 5.74) is 2.45. The molecule has 0 radical (unpaired) electrons. The van der Waals surface area contributed by atoms with Gasteiger partial charge < -0.3 is 15.0 Å². The van der Waals surface area contributed by atoms with Gasteiger partial charge in [-0.2, -0.15) is 0 Å². The molecule has 4 rings (SSSR count). The van der Waals surface area contributed by atoms with Gasteiger partial charge in [0.05, 0.1) is 19.1 Å². The van der Waals surface area contributed by atoms with E-state index in [-0.39, 0.29) is 17.9 Å². The van der Waals surface area contributed by atoms with Crippen LogP contribution in [0.2, 0.25) is 0 Å². The summed E-state index contributed by atoms with van der Waals surface area (Å²) in [6.45, 7) is 1.40. The number of aromatic amines is 1. The van der Waals surface area contributed by atoms with Gasteiger partial charge in [0.2, 0.25) is 0 Å². The maximum Gasteiger partial charge on any atom is 0.364 e. The van der Waals surface area contributed by atoms with Gasteiger partial charge in [-0.15, -0.1) is 11.3 Å². The van der Waals surface area contributed by atoms with Crippen LogP contribution in [0.15, 0.2) is 48.0 Å². The lowest BCUT2D eigenvalue weighted by atomic mass is 9.96. The number of esters is 1. The Labute approximate surface area is 138 Å². The van der Waals surface area contributed by atoms with Crippen molar-refractivity contribution in [2.24, 2.45) is 0 Å². The average molecular weight is 327 g/mol. The van der Waals surface area contributed by atoms with Gasteiger partial charge in [-0.1, -0.05) is 24.3 Å². The second-order valence-electron chi connectivity index (χ2n) is 5.89. The highest BCUT2D eigenvalue weighted by molar-refractivity contribution is 7.10. The van der Waals surface area contributed by atoms with Crippen molar-refractivity contribution in [3.63, 3.8) is 0 Å². The maximum atomic E-state index is 11.7. The molecule has 0 bridgehead atoms. The van der Waals surface area contributed by atoms with Crippen LogP contribution in [0.5, 0.6) is 0 Å². The molecule has 1 aromatic carbocycles. The number of hydrogen-bond donors (Lipinski definition) is 2. The van der Waals surface area contributed by atoms with E-state index in [1.54, 1.807) is 11.3 Å². The summed E-state index contributed by atoms with van der Waals surface area (Å²) in [7, 11) is 0. The minimum atomic E-state index is -0.0751. The van der Waals surface area contributed by atoms with Crippen molar-refractivity contribution in [1.82, 2.24) is 4.98 Å². The standard InChI is InChI=1S/C18H18N2O2S/c21-18-16(7-8-22-18)20-11-14(17-6-3-9-23-17)13-10-19-15-5-2-1-4-12(13)15/h1-6,9-10,14,16,19-20H,7-8,11H2/p+1/t14-,16-/m0/s1. The van der Waals surface area contributed by atoms with Gasteiger partial charge in [-0.25, -0.2) is 4.79 Å². The number of quaternary nitrogens is 1. The summed E-state index contributed by atoms with van der Waals surface area (Å²) in [6.07, 6.45) is 2.92. The molecule has 0 amide bonds. The lowest BCUT2D eigenvalue weighted by Crippen LogP contribution is -2.92. The molecule has 23 heavy (non-hydrogen) atoms. The highest BCUT2D eigenvalue weighted by Gasteiger charge is 2.31. The zero-order valence-electron chi connectivity index (χ0n) is 12.7. The van der Waals surface area contributed by atoms with Crippen molar-refractivity contribution in [3.05, 3.63) is 58.4 Å². The third kappa shape index (κ3) is 2.78. The van der Waals surface area contributed by atoms with Gasteiger partial charge in [0, 0.05) is 28.4 Å². The van der Waals surface area contributed by atoms with Gasteiger partial charge in [0.1, 0.15) is 0 Å². The van der Waals surface area contributed by atoms with Crippen molar-refractivity contribution in [2.45, 2.75) is 18.4 Å². The monoisotopic (exact) mass is 327 g/mol. The second-order valence-corrected chi connectivity index (χ2v) is 6.87. The topological polar surface area (TPSA) is 58.7 Å². The smallest absolute Gasteiger partial charge is 0.364 e. The van der Waals surface area contributed by atoms with E-state index in [0.717, 1.165) is 18.5 Å². The summed E-state index contributed by atoms with van der Waals surface area (Å²) in [5.74, 6) is 0.202. The first kappa shape index (κ1) is 14.5. The van der Waals surface area contributed by atoms with Crippen LogP contribution in [0.4, 0.5) is 0 Å². The molecule has 2 atom stereocenters. The van der Waals surface area contributed by atoms with E-state index in [1.807, 2.05) is 6.07 Å². The van der Waals surface area contributed by atoms with Crippen molar-refractivity contribution < 1.29 is 14.8 Å². The van der Waals surface area contributed by atoms with Crippen LogP contribution in [0.3, 0.4) is 0 Å². The molecule has 3 N–H and O–H groups in total. The quantitative estimate of drug-likeness (QED) is 0.706. The summed E-state index contributed by atoms with van der Waals surface area (Å²) in [6, 6.07) is 12.6. The lowest BCUT2D eigenvalue weighted by Gasteiger charge is -2.15. The minimum Gasteiger partial charge on any atom is -0.461 e. The molecule has 0 aliphatic carbocycles. The third-order valence-electron chi connectivity index (χ3n) is 4.52. The average Bonchev–Trinajstić information content (AvgIpc) is 3.30. The van der Waals surface area contributed by atoms with Crippen LogP contribution in [0, 0.1) is 0 Å². The fourth-order valence-electron chi connectivity index (χ4n) is 3.29. The molecule has 118 valence electrons. The van der Waals surface area contributed by atoms with Gasteiger partial charge in [-0.3, -0.25) is 0 Å². The van der Waals surface area contributed by atoms with E-state index >= 15 is 0 Å². The number of H-pyrrole nitrogens is 1. The number of carbonyl (C=O) groups excluding carboxylic acids is 1. The zero-order valence-corrected chi connectivity index (χ0v) is 13.5. The number of fused-ring (bicyclic) bond motifs is 1. The van der Waals surface area contributed by atoms with Crippen LogP contribution < -0.4 is 5.32 Å². The van der Waals surface area contributed by atoms with Crippen molar-refractivity contribution >= 4 is 28.2 Å². The molecule has 3 aromatic rings. The molecule has 2 aromatic heterocycles. The Morgan fingerprint density at radius 1 is 1.30 bits per heavy atom. The molecular weight excluding hydrogens is 308 g/mol. The van der Waals surface area contributed by atoms with Crippen LogP contribution in [0.25, 0.3) is 10.9 Å². The Morgan fingerprint density at radius 3 is 3.00 bits per heavy atom. The number of aromatic nitrogens is 1. The SMILES string of the molecule is O=C1OCC[C@@H]1[NH2+]C[C@H](c1cccs1)c1c[nH]c2ccccc12. The summed E-state index contributed by atoms with van der Waals surface area (Å²) in [5, 5.41) is 5.51. The van der Waals surface area contributed by atoms with Gasteiger partial charge in [-0.05, 0) is 23.1 Å². The molecule has 1 aliphatic rings. The van der Waals surface area contributed by atoms with Crippen molar-refractivity contribution in [2.75, 3.05) is 13.2 Å². The molecule has 1 saturated heterocycles. The second kappa shape index (κ2) is 6.18. The summed E-state index contributed by atoms with van der Waals surface area (Å²) in [4.78, 5) is 16.4. The first-order valence-electron chi connectivity index (χ1n) is 7.92. The molecule has 1 aliphatic heterocycles. The van der Waals surface area contributed by atoms with E-state index in [1.165, 1.54) is 15.8 Å². The van der Waals surface area contributed by atoms with E-state index < -0.39 is 0 Å². The largest absolute Gasteiger partial charge is 0.461 e. The highest BCUT2D eigenvalue weighted by atomic mass is 32.1. The van der Waals surface area contributed by atoms with Crippen LogP contribution in [-0.2, 0) is 9.53 Å². The number of benzene rings is 1. The van der Waals surface area contributed by atoms with Crippen LogP contribution >= 0.6 is 11.3 Å². The Balaban J connectivity index is 1.64.